The van der Waals surface area contributed by atoms with Crippen LogP contribution in [0, 0.1) is 12.8 Å². The molecule has 0 saturated heterocycles. The van der Waals surface area contributed by atoms with Gasteiger partial charge in [-0.3, -0.25) is 4.68 Å². The largest absolute Gasteiger partial charge is 0.327 e. The van der Waals surface area contributed by atoms with E-state index < -0.39 is 0 Å². The third-order valence-electron chi connectivity index (χ3n) is 4.16. The Hall–Kier alpha value is -1.61. The lowest BCUT2D eigenvalue weighted by molar-refractivity contribution is 0.551. The fraction of sp³-hybridized carbons (Fsp3) is 0.438. The van der Waals surface area contributed by atoms with Gasteiger partial charge < -0.3 is 5.73 Å². The van der Waals surface area contributed by atoms with Gasteiger partial charge in [-0.1, -0.05) is 30.3 Å². The van der Waals surface area contributed by atoms with Crippen molar-refractivity contribution in [1.29, 1.82) is 0 Å². The SMILES string of the molecule is Cc1cc(CC(N)C2CC2c2ccccc2)n(C)n1. The van der Waals surface area contributed by atoms with Crippen LogP contribution in [-0.4, -0.2) is 15.8 Å². The van der Waals surface area contributed by atoms with Crippen LogP contribution in [0.4, 0.5) is 0 Å². The topological polar surface area (TPSA) is 43.8 Å². The Balaban J connectivity index is 1.64. The summed E-state index contributed by atoms with van der Waals surface area (Å²) < 4.78 is 1.95. The van der Waals surface area contributed by atoms with Crippen molar-refractivity contribution in [3.8, 4) is 0 Å². The van der Waals surface area contributed by atoms with Gasteiger partial charge in [-0.05, 0) is 36.8 Å². The molecule has 3 rings (SSSR count). The first-order valence-corrected chi connectivity index (χ1v) is 6.95. The van der Waals surface area contributed by atoms with E-state index in [-0.39, 0.29) is 6.04 Å². The first-order valence-electron chi connectivity index (χ1n) is 6.95. The maximum Gasteiger partial charge on any atom is 0.0596 e. The molecule has 0 radical (unpaired) electrons. The molecule has 2 aromatic rings. The summed E-state index contributed by atoms with van der Waals surface area (Å²) in [7, 11) is 2.00. The Kier molecular flexibility index (Phi) is 3.15. The van der Waals surface area contributed by atoms with Gasteiger partial charge in [0.1, 0.15) is 0 Å². The van der Waals surface area contributed by atoms with Crippen LogP contribution >= 0.6 is 0 Å². The zero-order valence-electron chi connectivity index (χ0n) is 11.6. The summed E-state index contributed by atoms with van der Waals surface area (Å²) in [5.74, 6) is 1.28. The molecule has 1 aliphatic carbocycles. The van der Waals surface area contributed by atoms with Crippen molar-refractivity contribution in [3.05, 3.63) is 53.3 Å². The van der Waals surface area contributed by atoms with Crippen molar-refractivity contribution in [2.24, 2.45) is 18.7 Å². The van der Waals surface area contributed by atoms with E-state index >= 15 is 0 Å². The van der Waals surface area contributed by atoms with Crippen molar-refractivity contribution in [3.63, 3.8) is 0 Å². The first-order chi connectivity index (χ1) is 9.15. The van der Waals surface area contributed by atoms with Gasteiger partial charge in [-0.15, -0.1) is 0 Å². The predicted molar refractivity (Wildman–Crippen MR) is 76.9 cm³/mol. The summed E-state index contributed by atoms with van der Waals surface area (Å²) in [6.45, 7) is 2.03. The van der Waals surface area contributed by atoms with Crippen LogP contribution in [0.5, 0.6) is 0 Å². The molecule has 1 fully saturated rings. The number of nitrogens with zero attached hydrogens (tertiary/aromatic N) is 2. The molecule has 1 aromatic heterocycles. The predicted octanol–water partition coefficient (Wildman–Crippen LogP) is 2.40. The van der Waals surface area contributed by atoms with Gasteiger partial charge in [-0.2, -0.15) is 5.10 Å². The standard InChI is InChI=1S/C16H21N3/c1-11-8-13(19(2)18-11)9-16(17)15-10-14(15)12-6-4-3-5-7-12/h3-8,14-16H,9-10,17H2,1-2H3. The van der Waals surface area contributed by atoms with Gasteiger partial charge in [-0.25, -0.2) is 0 Å². The zero-order chi connectivity index (χ0) is 13.4. The average Bonchev–Trinajstić information content (AvgIpc) is 3.13. The van der Waals surface area contributed by atoms with Crippen LogP contribution in [0.1, 0.15) is 29.3 Å². The maximum atomic E-state index is 6.38. The number of hydrogen-bond donors (Lipinski definition) is 1. The number of hydrogen-bond acceptors (Lipinski definition) is 2. The lowest BCUT2D eigenvalue weighted by Crippen LogP contribution is -2.27. The van der Waals surface area contributed by atoms with Crippen molar-refractivity contribution < 1.29 is 0 Å². The first kappa shape index (κ1) is 12.4. The minimum Gasteiger partial charge on any atom is -0.327 e. The van der Waals surface area contributed by atoms with Crippen molar-refractivity contribution in [2.45, 2.75) is 31.7 Å². The molecule has 3 nitrogen and oxygen atoms in total. The fourth-order valence-electron chi connectivity index (χ4n) is 3.02. The number of aryl methyl sites for hydroxylation is 2. The molecular weight excluding hydrogens is 234 g/mol. The minimum absolute atomic E-state index is 0.236. The van der Waals surface area contributed by atoms with Crippen molar-refractivity contribution in [1.82, 2.24) is 9.78 Å². The Labute approximate surface area is 114 Å². The molecular formula is C16H21N3. The molecule has 2 N–H and O–H groups in total. The third-order valence-corrected chi connectivity index (χ3v) is 4.16. The van der Waals surface area contributed by atoms with E-state index in [0.717, 1.165) is 12.1 Å². The van der Waals surface area contributed by atoms with E-state index in [1.807, 2.05) is 18.7 Å². The van der Waals surface area contributed by atoms with E-state index in [1.165, 1.54) is 17.7 Å². The molecule has 3 atom stereocenters. The maximum absolute atomic E-state index is 6.38. The number of nitrogens with two attached hydrogens (primary N) is 1. The number of rotatable bonds is 4. The van der Waals surface area contributed by atoms with Gasteiger partial charge in [0.15, 0.2) is 0 Å². The molecule has 0 spiro atoms. The smallest absolute Gasteiger partial charge is 0.0596 e. The lowest BCUT2D eigenvalue weighted by atomic mass is 10.0. The molecule has 1 heterocycles. The zero-order valence-corrected chi connectivity index (χ0v) is 11.6. The molecule has 0 bridgehead atoms. The fourth-order valence-corrected chi connectivity index (χ4v) is 3.02. The summed E-state index contributed by atoms with van der Waals surface area (Å²) in [6.07, 6.45) is 2.15. The normalized spacial score (nSPS) is 23.3. The monoisotopic (exact) mass is 255 g/mol. The van der Waals surface area contributed by atoms with Crippen molar-refractivity contribution >= 4 is 0 Å². The van der Waals surface area contributed by atoms with Gasteiger partial charge in [0.2, 0.25) is 0 Å². The summed E-state index contributed by atoms with van der Waals surface area (Å²) in [4.78, 5) is 0. The quantitative estimate of drug-likeness (QED) is 0.911. The van der Waals surface area contributed by atoms with Crippen LogP contribution in [0.3, 0.4) is 0 Å². The van der Waals surface area contributed by atoms with Crippen LogP contribution in [-0.2, 0) is 13.5 Å². The summed E-state index contributed by atoms with van der Waals surface area (Å²) in [6, 6.07) is 13.1. The Morgan fingerprint density at radius 1 is 1.37 bits per heavy atom. The molecule has 100 valence electrons. The molecule has 1 aliphatic rings. The number of aromatic nitrogens is 2. The van der Waals surface area contributed by atoms with Crippen LogP contribution < -0.4 is 5.73 Å². The third kappa shape index (κ3) is 2.56. The van der Waals surface area contributed by atoms with E-state index in [9.17, 15) is 0 Å². The molecule has 1 aromatic carbocycles. The van der Waals surface area contributed by atoms with Gasteiger partial charge >= 0.3 is 0 Å². The second-order valence-electron chi connectivity index (χ2n) is 5.69. The van der Waals surface area contributed by atoms with E-state index in [0.29, 0.717) is 11.8 Å². The second-order valence-corrected chi connectivity index (χ2v) is 5.69. The molecule has 0 aliphatic heterocycles. The second kappa shape index (κ2) is 4.82. The van der Waals surface area contributed by atoms with E-state index in [4.69, 9.17) is 5.73 Å². The highest BCUT2D eigenvalue weighted by Crippen LogP contribution is 2.49. The van der Waals surface area contributed by atoms with Gasteiger partial charge in [0.05, 0.1) is 5.69 Å². The highest BCUT2D eigenvalue weighted by atomic mass is 15.3. The molecule has 19 heavy (non-hydrogen) atoms. The molecule has 1 saturated carbocycles. The average molecular weight is 255 g/mol. The number of benzene rings is 1. The van der Waals surface area contributed by atoms with Crippen LogP contribution in [0.25, 0.3) is 0 Å². The van der Waals surface area contributed by atoms with Gasteiger partial charge in [0, 0.05) is 25.2 Å². The lowest BCUT2D eigenvalue weighted by Gasteiger charge is -2.11. The summed E-state index contributed by atoms with van der Waals surface area (Å²) in [5, 5.41) is 4.38. The molecule has 3 heteroatoms. The Morgan fingerprint density at radius 2 is 2.11 bits per heavy atom. The van der Waals surface area contributed by atoms with Crippen LogP contribution in [0.2, 0.25) is 0 Å². The summed E-state index contributed by atoms with van der Waals surface area (Å²) in [5.41, 5.74) is 10.1. The Bertz CT molecular complexity index is 559. The van der Waals surface area contributed by atoms with Gasteiger partial charge in [0.25, 0.3) is 0 Å². The highest BCUT2D eigenvalue weighted by Gasteiger charge is 2.42. The Morgan fingerprint density at radius 3 is 2.74 bits per heavy atom. The van der Waals surface area contributed by atoms with E-state index in [2.05, 4.69) is 41.5 Å². The summed E-state index contributed by atoms with van der Waals surface area (Å²) >= 11 is 0. The molecule has 0 amide bonds. The van der Waals surface area contributed by atoms with Crippen molar-refractivity contribution in [2.75, 3.05) is 0 Å². The van der Waals surface area contributed by atoms with E-state index in [1.54, 1.807) is 0 Å². The highest BCUT2D eigenvalue weighted by molar-refractivity contribution is 5.27. The molecule has 3 unspecified atom stereocenters. The van der Waals surface area contributed by atoms with Crippen LogP contribution in [0.15, 0.2) is 36.4 Å². The minimum atomic E-state index is 0.236.